The molecule has 184 valence electrons. The Labute approximate surface area is 208 Å². The molecular weight excluding hydrogens is 460 g/mol. The van der Waals surface area contributed by atoms with Crippen LogP contribution in [0.3, 0.4) is 0 Å². The summed E-state index contributed by atoms with van der Waals surface area (Å²) in [6.45, 7) is 2.30. The molecule has 2 aromatic carbocycles. The highest BCUT2D eigenvalue weighted by Crippen LogP contribution is 2.22. The Kier molecular flexibility index (Phi) is 7.97. The first-order valence-electron chi connectivity index (χ1n) is 11.5. The lowest BCUT2D eigenvalue weighted by Crippen LogP contribution is -2.41. The molecule has 1 atom stereocenters. The van der Waals surface area contributed by atoms with Crippen molar-refractivity contribution in [1.29, 1.82) is 0 Å². The lowest BCUT2D eigenvalue weighted by molar-refractivity contribution is -0.141. The van der Waals surface area contributed by atoms with Crippen molar-refractivity contribution < 1.29 is 28.3 Å². The summed E-state index contributed by atoms with van der Waals surface area (Å²) in [6, 6.07) is 19.2. The third kappa shape index (κ3) is 6.73. The van der Waals surface area contributed by atoms with Crippen LogP contribution in [0, 0.1) is 6.92 Å². The number of furan rings is 1. The van der Waals surface area contributed by atoms with Crippen molar-refractivity contribution >= 4 is 18.0 Å². The van der Waals surface area contributed by atoms with Crippen LogP contribution in [0.1, 0.15) is 22.8 Å². The van der Waals surface area contributed by atoms with E-state index in [1.807, 2.05) is 37.3 Å². The maximum absolute atomic E-state index is 12.1. The first-order valence-corrected chi connectivity index (χ1v) is 11.5. The third-order valence-corrected chi connectivity index (χ3v) is 5.44. The Morgan fingerprint density at radius 1 is 1.08 bits per heavy atom. The van der Waals surface area contributed by atoms with Gasteiger partial charge in [0.2, 0.25) is 11.8 Å². The smallest absolute Gasteiger partial charge is 0.326 e. The number of hydrogen-bond acceptors (Lipinski definition) is 6. The van der Waals surface area contributed by atoms with E-state index < -0.39 is 17.9 Å². The summed E-state index contributed by atoms with van der Waals surface area (Å²) >= 11 is 0. The van der Waals surface area contributed by atoms with Gasteiger partial charge in [0, 0.05) is 24.5 Å². The second kappa shape index (κ2) is 11.7. The van der Waals surface area contributed by atoms with Crippen molar-refractivity contribution in [2.75, 3.05) is 6.61 Å². The molecule has 0 unspecified atom stereocenters. The van der Waals surface area contributed by atoms with Crippen LogP contribution in [0.4, 0.5) is 0 Å². The number of benzene rings is 2. The fourth-order valence-electron chi connectivity index (χ4n) is 3.55. The van der Waals surface area contributed by atoms with E-state index in [1.165, 1.54) is 18.4 Å². The lowest BCUT2D eigenvalue weighted by Gasteiger charge is -2.14. The number of carbonyl (C=O) groups is 2. The van der Waals surface area contributed by atoms with E-state index in [-0.39, 0.29) is 6.42 Å². The maximum Gasteiger partial charge on any atom is 0.326 e. The minimum Gasteiger partial charge on any atom is -0.493 e. The lowest BCUT2D eigenvalue weighted by atomic mass is 10.1. The van der Waals surface area contributed by atoms with Crippen molar-refractivity contribution in [3.63, 3.8) is 0 Å². The minimum absolute atomic E-state index is 0.135. The van der Waals surface area contributed by atoms with Gasteiger partial charge in [0.05, 0.1) is 18.6 Å². The second-order valence-electron chi connectivity index (χ2n) is 8.08. The summed E-state index contributed by atoms with van der Waals surface area (Å²) in [5.74, 6) is 0.867. The molecule has 0 fully saturated rings. The van der Waals surface area contributed by atoms with E-state index in [1.54, 1.807) is 36.4 Å². The summed E-state index contributed by atoms with van der Waals surface area (Å²) in [6.07, 6.45) is 4.93. The van der Waals surface area contributed by atoms with Gasteiger partial charge in [-0.2, -0.15) is 0 Å². The number of amides is 1. The van der Waals surface area contributed by atoms with Crippen molar-refractivity contribution in [1.82, 2.24) is 10.3 Å². The van der Waals surface area contributed by atoms with Crippen molar-refractivity contribution in [3.8, 4) is 17.2 Å². The van der Waals surface area contributed by atoms with Gasteiger partial charge in [-0.1, -0.05) is 30.3 Å². The van der Waals surface area contributed by atoms with Crippen molar-refractivity contribution in [2.24, 2.45) is 0 Å². The summed E-state index contributed by atoms with van der Waals surface area (Å²) in [5.41, 5.74) is 2.52. The van der Waals surface area contributed by atoms with Gasteiger partial charge in [0.1, 0.15) is 23.3 Å². The number of nitrogens with zero attached hydrogens (tertiary/aromatic N) is 1. The predicted octanol–water partition coefficient (Wildman–Crippen LogP) is 4.69. The number of aromatic nitrogens is 1. The van der Waals surface area contributed by atoms with Gasteiger partial charge >= 0.3 is 5.97 Å². The van der Waals surface area contributed by atoms with Gasteiger partial charge < -0.3 is 24.0 Å². The molecular formula is C28H26N2O6. The quantitative estimate of drug-likeness (QED) is 0.296. The maximum atomic E-state index is 12.1. The molecule has 0 saturated carbocycles. The number of aryl methyl sites for hydroxylation is 1. The Balaban J connectivity index is 1.28. The fraction of sp³-hybridized carbons (Fsp3) is 0.179. The zero-order valence-electron chi connectivity index (χ0n) is 19.7. The molecule has 8 heteroatoms. The van der Waals surface area contributed by atoms with Crippen LogP contribution in [0.25, 0.3) is 17.5 Å². The van der Waals surface area contributed by atoms with Crippen LogP contribution in [0.15, 0.2) is 87.9 Å². The highest BCUT2D eigenvalue weighted by Gasteiger charge is 2.19. The molecule has 1 amide bonds. The molecule has 0 bridgehead atoms. The molecule has 2 aromatic heterocycles. The van der Waals surface area contributed by atoms with Gasteiger partial charge in [-0.15, -0.1) is 0 Å². The van der Waals surface area contributed by atoms with Crippen LogP contribution in [0.2, 0.25) is 0 Å². The van der Waals surface area contributed by atoms with E-state index in [2.05, 4.69) is 10.3 Å². The van der Waals surface area contributed by atoms with Crippen LogP contribution in [-0.4, -0.2) is 34.6 Å². The summed E-state index contributed by atoms with van der Waals surface area (Å²) < 4.78 is 16.7. The van der Waals surface area contributed by atoms with E-state index >= 15 is 0 Å². The SMILES string of the molecule is Cc1oc(-c2ccccc2)nc1CCOc1ccc(C[C@H](NC(=O)/C=C/c2ccco2)C(=O)O)cc1. The zero-order valence-corrected chi connectivity index (χ0v) is 19.7. The Morgan fingerprint density at radius 2 is 1.86 bits per heavy atom. The van der Waals surface area contributed by atoms with Gasteiger partial charge in [0.15, 0.2) is 0 Å². The first-order chi connectivity index (χ1) is 17.5. The number of carbonyl (C=O) groups excluding carboxylic acids is 1. The highest BCUT2D eigenvalue weighted by molar-refractivity contribution is 5.94. The van der Waals surface area contributed by atoms with Crippen LogP contribution in [0.5, 0.6) is 5.75 Å². The minimum atomic E-state index is -1.12. The number of carboxylic acids is 1. The molecule has 0 spiro atoms. The Hall–Kier alpha value is -4.59. The summed E-state index contributed by atoms with van der Waals surface area (Å²) in [5, 5.41) is 12.0. The van der Waals surface area contributed by atoms with Crippen LogP contribution in [-0.2, 0) is 22.4 Å². The number of rotatable bonds is 11. The standard InChI is InChI=1S/C28H26N2O6/c1-19-24(30-27(36-19)21-6-3-2-4-7-21)15-17-35-23-11-9-20(10-12-23)18-25(28(32)33)29-26(31)14-13-22-8-5-16-34-22/h2-14,16,25H,15,17-18H2,1H3,(H,29,31)(H,32,33)/b14-13+/t25-/m0/s1. The molecule has 0 aliphatic carbocycles. The van der Waals surface area contributed by atoms with Crippen molar-refractivity contribution in [2.45, 2.75) is 25.8 Å². The molecule has 2 heterocycles. The molecule has 0 aliphatic heterocycles. The van der Waals surface area contributed by atoms with E-state index in [4.69, 9.17) is 13.6 Å². The predicted molar refractivity (Wildman–Crippen MR) is 133 cm³/mol. The average Bonchev–Trinajstić information content (AvgIpc) is 3.54. The number of nitrogens with one attached hydrogen (secondary N) is 1. The molecule has 0 aliphatic rings. The molecule has 4 rings (SSSR count). The molecule has 0 saturated heterocycles. The molecule has 8 nitrogen and oxygen atoms in total. The molecule has 0 radical (unpaired) electrons. The Morgan fingerprint density at radius 3 is 2.56 bits per heavy atom. The third-order valence-electron chi connectivity index (χ3n) is 5.44. The van der Waals surface area contributed by atoms with Crippen molar-refractivity contribution in [3.05, 3.63) is 102 Å². The number of hydrogen-bond donors (Lipinski definition) is 2. The summed E-state index contributed by atoms with van der Waals surface area (Å²) in [4.78, 5) is 28.3. The molecule has 4 aromatic rings. The number of aliphatic carboxylic acids is 1. The number of oxazole rings is 1. The largest absolute Gasteiger partial charge is 0.493 e. The van der Waals surface area contributed by atoms with Crippen LogP contribution >= 0.6 is 0 Å². The normalized spacial score (nSPS) is 11.9. The second-order valence-corrected chi connectivity index (χ2v) is 8.08. The number of ether oxygens (including phenoxy) is 1. The van der Waals surface area contributed by atoms with E-state index in [0.717, 1.165) is 22.6 Å². The fourth-order valence-corrected chi connectivity index (χ4v) is 3.55. The monoisotopic (exact) mass is 486 g/mol. The van der Waals surface area contributed by atoms with Gasteiger partial charge in [-0.05, 0) is 55.0 Å². The first kappa shape index (κ1) is 24.5. The van der Waals surface area contributed by atoms with Gasteiger partial charge in [0.25, 0.3) is 0 Å². The van der Waals surface area contributed by atoms with Gasteiger partial charge in [-0.3, -0.25) is 4.79 Å². The van der Waals surface area contributed by atoms with Gasteiger partial charge in [-0.25, -0.2) is 9.78 Å². The molecule has 2 N–H and O–H groups in total. The Bertz CT molecular complexity index is 1310. The molecule has 36 heavy (non-hydrogen) atoms. The highest BCUT2D eigenvalue weighted by atomic mass is 16.5. The number of carboxylic acid groups (broad SMARTS) is 1. The van der Waals surface area contributed by atoms with Crippen LogP contribution < -0.4 is 10.1 Å². The average molecular weight is 487 g/mol. The van der Waals surface area contributed by atoms with E-state index in [9.17, 15) is 14.7 Å². The van der Waals surface area contributed by atoms with E-state index in [0.29, 0.717) is 30.4 Å². The summed E-state index contributed by atoms with van der Waals surface area (Å²) in [7, 11) is 0. The topological polar surface area (TPSA) is 115 Å². The zero-order chi connectivity index (χ0) is 25.3.